The second-order valence-corrected chi connectivity index (χ2v) is 9.17. The molecule has 2 aliphatic heterocycles. The number of carbonyl (C=O) groups is 1. The molecule has 2 aliphatic rings. The third-order valence-electron chi connectivity index (χ3n) is 7.18. The summed E-state index contributed by atoms with van der Waals surface area (Å²) < 4.78 is 44.4. The summed E-state index contributed by atoms with van der Waals surface area (Å²) in [5.41, 5.74) is 3.23. The first-order valence-electron chi connectivity index (χ1n) is 11.8. The molecule has 0 N–H and O–H groups in total. The number of carbonyl (C=O) groups excluding carboxylic acids is 1. The molecule has 4 nitrogen and oxygen atoms in total. The van der Waals surface area contributed by atoms with Crippen LogP contribution in [0.1, 0.15) is 57.9 Å². The van der Waals surface area contributed by atoms with Crippen molar-refractivity contribution in [2.24, 2.45) is 0 Å². The summed E-state index contributed by atoms with van der Waals surface area (Å²) in [7, 11) is 0. The van der Waals surface area contributed by atoms with E-state index < -0.39 is 11.7 Å². The van der Waals surface area contributed by atoms with Crippen molar-refractivity contribution in [3.05, 3.63) is 76.9 Å². The van der Waals surface area contributed by atoms with Gasteiger partial charge in [-0.3, -0.25) is 9.69 Å². The summed E-state index contributed by atoms with van der Waals surface area (Å²) >= 11 is 0. The molecule has 1 amide bonds. The Balaban J connectivity index is 1.48. The van der Waals surface area contributed by atoms with E-state index in [1.807, 2.05) is 6.07 Å². The molecule has 2 fully saturated rings. The molecule has 0 spiro atoms. The van der Waals surface area contributed by atoms with Crippen molar-refractivity contribution in [1.29, 1.82) is 0 Å². The minimum atomic E-state index is -4.41. The zero-order valence-electron chi connectivity index (χ0n) is 19.7. The Morgan fingerprint density at radius 2 is 1.82 bits per heavy atom. The maximum atomic E-state index is 13.0. The molecule has 4 rings (SSSR count). The molecule has 0 radical (unpaired) electrons. The SMILES string of the molecule is C=CCOc1ccc(C2CCCC3CN(C(=O)c4ccc(C(F)(F)F)cc4)CCN32)c(C)c1C. The van der Waals surface area contributed by atoms with Gasteiger partial charge in [0.15, 0.2) is 0 Å². The van der Waals surface area contributed by atoms with Crippen LogP contribution in [0.4, 0.5) is 13.2 Å². The predicted molar refractivity (Wildman–Crippen MR) is 126 cm³/mol. The second-order valence-electron chi connectivity index (χ2n) is 9.17. The molecule has 0 bridgehead atoms. The van der Waals surface area contributed by atoms with Crippen LogP contribution >= 0.6 is 0 Å². The molecule has 34 heavy (non-hydrogen) atoms. The Morgan fingerprint density at radius 3 is 2.50 bits per heavy atom. The largest absolute Gasteiger partial charge is 0.489 e. The van der Waals surface area contributed by atoms with Crippen LogP contribution in [0, 0.1) is 13.8 Å². The van der Waals surface area contributed by atoms with Crippen molar-refractivity contribution in [2.75, 3.05) is 26.2 Å². The molecule has 0 saturated carbocycles. The van der Waals surface area contributed by atoms with Gasteiger partial charge in [0.25, 0.3) is 5.91 Å². The average molecular weight is 473 g/mol. The summed E-state index contributed by atoms with van der Waals surface area (Å²) in [4.78, 5) is 17.3. The van der Waals surface area contributed by atoms with Crippen molar-refractivity contribution in [3.8, 4) is 5.75 Å². The molecule has 0 aliphatic carbocycles. The number of halogens is 3. The lowest BCUT2D eigenvalue weighted by Gasteiger charge is -2.48. The van der Waals surface area contributed by atoms with Crippen LogP contribution in [-0.4, -0.2) is 48.0 Å². The fourth-order valence-corrected chi connectivity index (χ4v) is 5.24. The van der Waals surface area contributed by atoms with E-state index in [1.165, 1.54) is 23.3 Å². The minimum Gasteiger partial charge on any atom is -0.489 e. The van der Waals surface area contributed by atoms with Gasteiger partial charge in [-0.15, -0.1) is 0 Å². The Morgan fingerprint density at radius 1 is 1.09 bits per heavy atom. The van der Waals surface area contributed by atoms with Crippen LogP contribution in [0.3, 0.4) is 0 Å². The number of ether oxygens (including phenoxy) is 1. The summed E-state index contributed by atoms with van der Waals surface area (Å²) in [6, 6.07) is 9.24. The first-order valence-corrected chi connectivity index (χ1v) is 11.8. The fourth-order valence-electron chi connectivity index (χ4n) is 5.24. The number of fused-ring (bicyclic) bond motifs is 1. The Hall–Kier alpha value is -2.80. The van der Waals surface area contributed by atoms with Gasteiger partial charge in [0.1, 0.15) is 12.4 Å². The van der Waals surface area contributed by atoms with Crippen LogP contribution in [0.25, 0.3) is 0 Å². The predicted octanol–water partition coefficient (Wildman–Crippen LogP) is 5.94. The zero-order valence-corrected chi connectivity index (χ0v) is 19.7. The topological polar surface area (TPSA) is 32.8 Å². The lowest BCUT2D eigenvalue weighted by molar-refractivity contribution is -0.137. The van der Waals surface area contributed by atoms with Crippen molar-refractivity contribution in [2.45, 2.75) is 51.4 Å². The van der Waals surface area contributed by atoms with Crippen molar-refractivity contribution < 1.29 is 22.7 Å². The summed E-state index contributed by atoms with van der Waals surface area (Å²) in [5, 5.41) is 0. The molecular formula is C27H31F3N2O2. The van der Waals surface area contributed by atoms with Crippen LogP contribution in [0.2, 0.25) is 0 Å². The molecule has 7 heteroatoms. The van der Waals surface area contributed by atoms with Gasteiger partial charge in [-0.25, -0.2) is 0 Å². The van der Waals surface area contributed by atoms with E-state index in [-0.39, 0.29) is 18.0 Å². The highest BCUT2D eigenvalue weighted by Gasteiger charge is 2.38. The van der Waals surface area contributed by atoms with E-state index in [2.05, 4.69) is 31.4 Å². The number of alkyl halides is 3. The molecule has 2 aromatic carbocycles. The summed E-state index contributed by atoms with van der Waals surface area (Å²) in [5.74, 6) is 0.673. The monoisotopic (exact) mass is 472 g/mol. The number of amides is 1. The first kappa shape index (κ1) is 24.3. The summed E-state index contributed by atoms with van der Waals surface area (Å²) in [6.45, 7) is 10.3. The fraction of sp³-hybridized carbons (Fsp3) is 0.444. The third-order valence-corrected chi connectivity index (χ3v) is 7.18. The van der Waals surface area contributed by atoms with E-state index in [0.717, 1.165) is 49.3 Å². The van der Waals surface area contributed by atoms with E-state index in [1.54, 1.807) is 11.0 Å². The van der Waals surface area contributed by atoms with Gasteiger partial charge in [0.2, 0.25) is 0 Å². The number of piperazine rings is 1. The number of benzene rings is 2. The molecule has 182 valence electrons. The average Bonchev–Trinajstić information content (AvgIpc) is 2.83. The normalized spacial score (nSPS) is 21.1. The molecule has 0 aromatic heterocycles. The van der Waals surface area contributed by atoms with Gasteiger partial charge in [0.05, 0.1) is 5.56 Å². The molecule has 2 atom stereocenters. The number of rotatable bonds is 5. The second kappa shape index (κ2) is 9.82. The standard InChI is InChI=1S/C27H31F3N2O2/c1-4-16-34-25-13-12-23(18(2)19(25)3)24-7-5-6-22-17-31(14-15-32(22)24)26(33)20-8-10-21(11-9-20)27(28,29)30/h4,8-13,22,24H,1,5-7,14-17H2,2-3H3. The molecular weight excluding hydrogens is 441 g/mol. The highest BCUT2D eigenvalue weighted by atomic mass is 19.4. The first-order chi connectivity index (χ1) is 16.2. The van der Waals surface area contributed by atoms with Crippen molar-refractivity contribution in [3.63, 3.8) is 0 Å². The summed E-state index contributed by atoms with van der Waals surface area (Å²) in [6.07, 6.45) is 0.473. The maximum absolute atomic E-state index is 13.0. The lowest BCUT2D eigenvalue weighted by atomic mass is 9.86. The number of hydrogen-bond donors (Lipinski definition) is 0. The van der Waals surface area contributed by atoms with Crippen LogP contribution in [0.5, 0.6) is 5.75 Å². The highest BCUT2D eigenvalue weighted by Crippen LogP contribution is 2.39. The Bertz CT molecular complexity index is 1050. The van der Waals surface area contributed by atoms with E-state index >= 15 is 0 Å². The Labute approximate surface area is 199 Å². The number of hydrogen-bond acceptors (Lipinski definition) is 3. The van der Waals surface area contributed by atoms with Gasteiger partial charge in [-0.2, -0.15) is 13.2 Å². The van der Waals surface area contributed by atoms with Gasteiger partial charge in [0, 0.05) is 37.3 Å². The smallest absolute Gasteiger partial charge is 0.416 e. The molecule has 2 aromatic rings. The molecule has 2 unspecified atom stereocenters. The highest BCUT2D eigenvalue weighted by molar-refractivity contribution is 5.94. The van der Waals surface area contributed by atoms with Crippen LogP contribution in [0.15, 0.2) is 49.1 Å². The van der Waals surface area contributed by atoms with Gasteiger partial charge in [-0.05, 0) is 80.1 Å². The van der Waals surface area contributed by atoms with Crippen LogP contribution in [-0.2, 0) is 6.18 Å². The van der Waals surface area contributed by atoms with Crippen molar-refractivity contribution in [1.82, 2.24) is 9.80 Å². The van der Waals surface area contributed by atoms with Crippen LogP contribution < -0.4 is 4.74 Å². The minimum absolute atomic E-state index is 0.203. The van der Waals surface area contributed by atoms with Gasteiger partial charge < -0.3 is 9.64 Å². The third kappa shape index (κ3) is 4.85. The Kier molecular flexibility index (Phi) is 7.03. The van der Waals surface area contributed by atoms with E-state index in [9.17, 15) is 18.0 Å². The number of piperidine rings is 1. The van der Waals surface area contributed by atoms with E-state index in [4.69, 9.17) is 4.74 Å². The molecule has 2 heterocycles. The zero-order chi connectivity index (χ0) is 24.5. The number of nitrogens with zero attached hydrogens (tertiary/aromatic N) is 2. The quantitative estimate of drug-likeness (QED) is 0.505. The van der Waals surface area contributed by atoms with E-state index in [0.29, 0.717) is 25.3 Å². The molecule has 2 saturated heterocycles. The van der Waals surface area contributed by atoms with Gasteiger partial charge >= 0.3 is 6.18 Å². The van der Waals surface area contributed by atoms with Gasteiger partial charge in [-0.1, -0.05) is 18.7 Å². The van der Waals surface area contributed by atoms with Crippen molar-refractivity contribution >= 4 is 5.91 Å². The maximum Gasteiger partial charge on any atom is 0.416 e. The lowest BCUT2D eigenvalue weighted by Crippen LogP contribution is -2.57.